The molecule has 4 rings (SSSR count). The Labute approximate surface area is 189 Å². The third-order valence-corrected chi connectivity index (χ3v) is 7.22. The molecule has 1 saturated carbocycles. The molecule has 2 unspecified atom stereocenters. The fourth-order valence-corrected chi connectivity index (χ4v) is 5.11. The van der Waals surface area contributed by atoms with Crippen LogP contribution in [0.5, 0.6) is 0 Å². The zero-order valence-corrected chi connectivity index (χ0v) is 19.1. The predicted octanol–water partition coefficient (Wildman–Crippen LogP) is 1.52. The molecule has 3 heterocycles. The van der Waals surface area contributed by atoms with Gasteiger partial charge in [-0.2, -0.15) is 0 Å². The van der Waals surface area contributed by atoms with E-state index >= 15 is 0 Å². The van der Waals surface area contributed by atoms with Crippen molar-refractivity contribution >= 4 is 36.8 Å². The van der Waals surface area contributed by atoms with Crippen LogP contribution in [0.3, 0.4) is 0 Å². The fraction of sp³-hybridized carbons (Fsp3) is 0.524. The van der Waals surface area contributed by atoms with Crippen molar-refractivity contribution in [2.24, 2.45) is 5.92 Å². The van der Waals surface area contributed by atoms with Crippen LogP contribution in [0, 0.1) is 17.8 Å². The van der Waals surface area contributed by atoms with Gasteiger partial charge in [-0.3, -0.25) is 0 Å². The molecule has 1 aliphatic heterocycles. The first-order valence-corrected chi connectivity index (χ1v) is 12.0. The van der Waals surface area contributed by atoms with E-state index in [1.807, 2.05) is 11.9 Å². The van der Waals surface area contributed by atoms with E-state index in [0.29, 0.717) is 24.3 Å². The summed E-state index contributed by atoms with van der Waals surface area (Å²) < 4.78 is 55.9. The molecule has 2 aromatic heterocycles. The van der Waals surface area contributed by atoms with Crippen LogP contribution in [0.15, 0.2) is 18.5 Å². The van der Waals surface area contributed by atoms with E-state index < -0.39 is 32.2 Å². The SMILES string of the molecule is CN1CCC(Nc2nccn3c([Se]C(F)(F)F)c(C#CCNC(=O)C4CC4)cc23)C(F)C1. The Bertz CT molecular complexity index is 1060. The summed E-state index contributed by atoms with van der Waals surface area (Å²) in [6.07, 6.45) is 4.04. The van der Waals surface area contributed by atoms with Gasteiger partial charge in [0, 0.05) is 0 Å². The zero-order valence-electron chi connectivity index (χ0n) is 17.4. The maximum absolute atomic E-state index is 14.5. The summed E-state index contributed by atoms with van der Waals surface area (Å²) in [4.78, 5) is 17.9. The molecule has 2 atom stereocenters. The number of piperidine rings is 1. The molecule has 1 amide bonds. The monoisotopic (exact) mass is 517 g/mol. The van der Waals surface area contributed by atoms with E-state index in [0.717, 1.165) is 12.8 Å². The summed E-state index contributed by atoms with van der Waals surface area (Å²) in [6, 6.07) is 1.08. The normalized spacial score (nSPS) is 21.8. The molecule has 2 fully saturated rings. The second-order valence-corrected chi connectivity index (χ2v) is 10.3. The van der Waals surface area contributed by atoms with E-state index in [1.54, 1.807) is 6.07 Å². The Morgan fingerprint density at radius 3 is 2.81 bits per heavy atom. The van der Waals surface area contributed by atoms with Gasteiger partial charge in [-0.15, -0.1) is 0 Å². The summed E-state index contributed by atoms with van der Waals surface area (Å²) in [5.74, 6) is 5.83. The molecule has 0 spiro atoms. The predicted molar refractivity (Wildman–Crippen MR) is 114 cm³/mol. The van der Waals surface area contributed by atoms with Gasteiger partial charge in [-0.05, 0) is 0 Å². The van der Waals surface area contributed by atoms with Crippen molar-refractivity contribution in [2.45, 2.75) is 36.6 Å². The average molecular weight is 516 g/mol. The number of alkyl halides is 4. The van der Waals surface area contributed by atoms with Gasteiger partial charge in [0.15, 0.2) is 0 Å². The molecular weight excluding hydrogens is 493 g/mol. The van der Waals surface area contributed by atoms with E-state index in [4.69, 9.17) is 0 Å². The van der Waals surface area contributed by atoms with Crippen molar-refractivity contribution in [1.29, 1.82) is 0 Å². The molecular formula is C21H23F4N5OSe. The minimum absolute atomic E-state index is 0.0385. The van der Waals surface area contributed by atoms with Crippen molar-refractivity contribution in [2.75, 3.05) is 32.0 Å². The van der Waals surface area contributed by atoms with Crippen molar-refractivity contribution in [3.63, 3.8) is 0 Å². The Balaban J connectivity index is 1.61. The molecule has 2 N–H and O–H groups in total. The second kappa shape index (κ2) is 9.30. The Morgan fingerprint density at radius 1 is 1.34 bits per heavy atom. The average Bonchev–Trinajstić information content (AvgIpc) is 3.51. The molecule has 1 saturated heterocycles. The number of fused-ring (bicyclic) bond motifs is 1. The van der Waals surface area contributed by atoms with Crippen LogP contribution in [-0.4, -0.2) is 79.1 Å². The van der Waals surface area contributed by atoms with E-state index in [-0.39, 0.29) is 35.1 Å². The first-order chi connectivity index (χ1) is 15.2. The number of nitrogens with one attached hydrogen (secondary N) is 2. The van der Waals surface area contributed by atoms with Gasteiger partial charge in [0.05, 0.1) is 0 Å². The Hall–Kier alpha value is -2.28. The van der Waals surface area contributed by atoms with Crippen molar-refractivity contribution in [1.82, 2.24) is 19.6 Å². The van der Waals surface area contributed by atoms with Gasteiger partial charge in [0.25, 0.3) is 0 Å². The number of amides is 1. The molecule has 1 aliphatic carbocycles. The van der Waals surface area contributed by atoms with Gasteiger partial charge < -0.3 is 0 Å². The summed E-state index contributed by atoms with van der Waals surface area (Å²) >= 11 is -1.84. The van der Waals surface area contributed by atoms with E-state index in [1.165, 1.54) is 16.8 Å². The first-order valence-electron chi connectivity index (χ1n) is 10.3. The van der Waals surface area contributed by atoms with Crippen LogP contribution in [0.4, 0.5) is 23.4 Å². The molecule has 0 bridgehead atoms. The first kappa shape index (κ1) is 22.9. The van der Waals surface area contributed by atoms with E-state index in [9.17, 15) is 22.4 Å². The third kappa shape index (κ3) is 5.55. The summed E-state index contributed by atoms with van der Waals surface area (Å²) in [7, 11) is 1.85. The molecule has 2 aromatic rings. The summed E-state index contributed by atoms with van der Waals surface area (Å²) in [5.41, 5.74) is 0.658. The number of carbonyl (C=O) groups is 1. The number of hydrogen-bond acceptors (Lipinski definition) is 4. The van der Waals surface area contributed by atoms with Crippen LogP contribution < -0.4 is 15.2 Å². The fourth-order valence-electron chi connectivity index (χ4n) is 3.65. The second-order valence-electron chi connectivity index (χ2n) is 8.05. The standard InChI is InChI=1S/C21H23F4N5OSe/c1-29-9-6-16(15(22)12-29)28-18-17-11-14(3-2-7-27-19(31)13-4-5-13)20(32-21(23,24)25)30(17)10-8-26-18/h8,10-11,13,15-16H,4-7,9,12H2,1H3,(H,26,28)(H,27,31). The molecule has 2 aliphatic rings. The van der Waals surface area contributed by atoms with Gasteiger partial charge in [-0.1, -0.05) is 0 Å². The van der Waals surface area contributed by atoms with Crippen LogP contribution in [-0.2, 0) is 4.79 Å². The van der Waals surface area contributed by atoms with Crippen molar-refractivity contribution < 1.29 is 22.4 Å². The summed E-state index contributed by atoms with van der Waals surface area (Å²) in [6.45, 7) is 1.07. The molecule has 32 heavy (non-hydrogen) atoms. The molecule has 0 radical (unpaired) electrons. The number of halogens is 4. The number of likely N-dealkylation sites (tertiary alicyclic amines) is 1. The molecule has 6 nitrogen and oxygen atoms in total. The van der Waals surface area contributed by atoms with Crippen LogP contribution in [0.1, 0.15) is 24.8 Å². The molecule has 172 valence electrons. The zero-order chi connectivity index (χ0) is 22.9. The Morgan fingerprint density at radius 2 is 2.12 bits per heavy atom. The van der Waals surface area contributed by atoms with Gasteiger partial charge >= 0.3 is 189 Å². The van der Waals surface area contributed by atoms with Crippen LogP contribution >= 0.6 is 0 Å². The summed E-state index contributed by atoms with van der Waals surface area (Å²) in [5, 5.41) is 1.40. The third-order valence-electron chi connectivity index (χ3n) is 5.45. The van der Waals surface area contributed by atoms with E-state index in [2.05, 4.69) is 27.5 Å². The molecule has 0 aromatic carbocycles. The van der Waals surface area contributed by atoms with Gasteiger partial charge in [0.2, 0.25) is 0 Å². The van der Waals surface area contributed by atoms with Gasteiger partial charge in [-0.25, -0.2) is 0 Å². The number of anilines is 1. The number of aromatic nitrogens is 2. The molecule has 11 heteroatoms. The van der Waals surface area contributed by atoms with Gasteiger partial charge in [0.1, 0.15) is 0 Å². The Kier molecular flexibility index (Phi) is 6.65. The number of rotatable bonds is 5. The van der Waals surface area contributed by atoms with Crippen LogP contribution in [0.25, 0.3) is 5.52 Å². The minimum atomic E-state index is -4.37. The quantitative estimate of drug-likeness (QED) is 0.360. The maximum atomic E-state index is 14.5. The topological polar surface area (TPSA) is 61.7 Å². The number of nitrogens with zero attached hydrogens (tertiary/aromatic N) is 3. The van der Waals surface area contributed by atoms with Crippen molar-refractivity contribution in [3.8, 4) is 11.8 Å². The van der Waals surface area contributed by atoms with Crippen molar-refractivity contribution in [3.05, 3.63) is 24.0 Å². The number of hydrogen-bond donors (Lipinski definition) is 2. The van der Waals surface area contributed by atoms with Crippen LogP contribution in [0.2, 0.25) is 0 Å². The number of carbonyl (C=O) groups excluding carboxylic acids is 1.